The van der Waals surface area contributed by atoms with Crippen molar-refractivity contribution in [2.24, 2.45) is 4.99 Å². The molecule has 3 heteroatoms. The fourth-order valence-electron chi connectivity index (χ4n) is 4.07. The maximum absolute atomic E-state index is 13.9. The molecule has 4 aromatic carbocycles. The van der Waals surface area contributed by atoms with Crippen LogP contribution < -0.4 is 5.56 Å². The van der Waals surface area contributed by atoms with Gasteiger partial charge >= 0.3 is 0 Å². The van der Waals surface area contributed by atoms with Gasteiger partial charge in [-0.15, -0.1) is 0 Å². The maximum Gasteiger partial charge on any atom is 0.281 e. The van der Waals surface area contributed by atoms with Gasteiger partial charge in [0, 0.05) is 28.6 Å². The number of pyridine rings is 1. The van der Waals surface area contributed by atoms with Crippen molar-refractivity contribution in [1.29, 1.82) is 0 Å². The van der Waals surface area contributed by atoms with Crippen molar-refractivity contribution in [1.82, 2.24) is 4.57 Å². The number of rotatable bonds is 5. The van der Waals surface area contributed by atoms with Gasteiger partial charge in [-0.2, -0.15) is 0 Å². The quantitative estimate of drug-likeness (QED) is 0.271. The molecule has 0 aliphatic carbocycles. The van der Waals surface area contributed by atoms with Gasteiger partial charge in [-0.3, -0.25) is 9.36 Å². The Kier molecular flexibility index (Phi) is 6.00. The van der Waals surface area contributed by atoms with E-state index in [-0.39, 0.29) is 5.56 Å². The van der Waals surface area contributed by atoms with Crippen LogP contribution in [0.25, 0.3) is 16.8 Å². The molecule has 1 aromatic heterocycles. The van der Waals surface area contributed by atoms with E-state index in [2.05, 4.69) is 19.1 Å². The number of benzene rings is 4. The van der Waals surface area contributed by atoms with Crippen LogP contribution in [0.5, 0.6) is 0 Å². The van der Waals surface area contributed by atoms with Crippen LogP contribution in [-0.2, 0) is 0 Å². The highest BCUT2D eigenvalue weighted by atomic mass is 16.1. The zero-order chi connectivity index (χ0) is 23.3. The van der Waals surface area contributed by atoms with Gasteiger partial charge in [0.25, 0.3) is 5.56 Å². The van der Waals surface area contributed by atoms with Crippen LogP contribution in [0.4, 0.5) is 5.69 Å². The van der Waals surface area contributed by atoms with Gasteiger partial charge in [0.15, 0.2) is 0 Å². The van der Waals surface area contributed by atoms with Gasteiger partial charge in [0.05, 0.1) is 5.71 Å². The standard InChI is InChI=1S/C31H24N2O/c1-23-12-11-17-26(22-23)28-20-21-33(27-18-9-4-10-19-27)31(34)30(28)32-29(24-13-5-2-6-14-24)25-15-7-3-8-16-25/h2-22H,1H3. The lowest BCUT2D eigenvalue weighted by molar-refractivity contribution is 0.990. The number of nitrogens with zero attached hydrogens (tertiary/aromatic N) is 2. The van der Waals surface area contributed by atoms with Gasteiger partial charge in [0.2, 0.25) is 0 Å². The molecule has 0 N–H and O–H groups in total. The van der Waals surface area contributed by atoms with Crippen molar-refractivity contribution >= 4 is 11.4 Å². The second-order valence-electron chi connectivity index (χ2n) is 8.15. The number of hydrogen-bond acceptors (Lipinski definition) is 2. The van der Waals surface area contributed by atoms with Crippen molar-refractivity contribution in [3.8, 4) is 16.8 Å². The fraction of sp³-hybridized carbons (Fsp3) is 0.0323. The highest BCUT2D eigenvalue weighted by molar-refractivity contribution is 6.14. The first-order valence-electron chi connectivity index (χ1n) is 11.3. The average molecular weight is 441 g/mol. The monoisotopic (exact) mass is 440 g/mol. The molecule has 0 fully saturated rings. The summed E-state index contributed by atoms with van der Waals surface area (Å²) in [6.45, 7) is 2.05. The molecule has 0 radical (unpaired) electrons. The summed E-state index contributed by atoms with van der Waals surface area (Å²) in [5.74, 6) is 0. The van der Waals surface area contributed by atoms with Gasteiger partial charge < -0.3 is 0 Å². The predicted molar refractivity (Wildman–Crippen MR) is 140 cm³/mol. The number of aryl methyl sites for hydroxylation is 1. The Hall–Kier alpha value is -4.50. The number of aliphatic imine (C=N–C) groups is 1. The molecule has 0 saturated heterocycles. The van der Waals surface area contributed by atoms with Gasteiger partial charge in [0.1, 0.15) is 5.69 Å². The normalized spacial score (nSPS) is 10.6. The predicted octanol–water partition coefficient (Wildman–Crippen LogP) is 6.98. The van der Waals surface area contributed by atoms with E-state index in [1.807, 2.05) is 115 Å². The third-order valence-electron chi connectivity index (χ3n) is 5.75. The minimum atomic E-state index is -0.158. The van der Waals surface area contributed by atoms with Crippen molar-refractivity contribution in [2.75, 3.05) is 0 Å². The molecule has 3 nitrogen and oxygen atoms in total. The Labute approximate surface area is 199 Å². The van der Waals surface area contributed by atoms with Crippen molar-refractivity contribution in [2.45, 2.75) is 6.92 Å². The van der Waals surface area contributed by atoms with Crippen molar-refractivity contribution in [3.63, 3.8) is 0 Å². The molecular weight excluding hydrogens is 416 g/mol. The molecule has 0 aliphatic rings. The fourth-order valence-corrected chi connectivity index (χ4v) is 4.07. The van der Waals surface area contributed by atoms with E-state index < -0.39 is 0 Å². The Balaban J connectivity index is 1.81. The Bertz CT molecular complexity index is 1460. The lowest BCUT2D eigenvalue weighted by atomic mass is 10.0. The summed E-state index contributed by atoms with van der Waals surface area (Å²) in [5.41, 5.74) is 6.65. The third-order valence-corrected chi connectivity index (χ3v) is 5.75. The lowest BCUT2D eigenvalue weighted by Crippen LogP contribution is -2.18. The number of aromatic nitrogens is 1. The van der Waals surface area contributed by atoms with Gasteiger partial charge in [-0.1, -0.05) is 109 Å². The van der Waals surface area contributed by atoms with Crippen LogP contribution >= 0.6 is 0 Å². The van der Waals surface area contributed by atoms with E-state index in [0.717, 1.165) is 39.2 Å². The maximum atomic E-state index is 13.9. The minimum Gasteiger partial charge on any atom is -0.282 e. The summed E-state index contributed by atoms with van der Waals surface area (Å²) in [6.07, 6.45) is 1.83. The van der Waals surface area contributed by atoms with Gasteiger partial charge in [-0.05, 0) is 30.7 Å². The molecule has 34 heavy (non-hydrogen) atoms. The van der Waals surface area contributed by atoms with Crippen LogP contribution in [0.15, 0.2) is 137 Å². The molecule has 0 aliphatic heterocycles. The first-order valence-corrected chi connectivity index (χ1v) is 11.3. The van der Waals surface area contributed by atoms with Crippen LogP contribution in [-0.4, -0.2) is 10.3 Å². The van der Waals surface area contributed by atoms with Crippen LogP contribution in [0, 0.1) is 6.92 Å². The van der Waals surface area contributed by atoms with Crippen molar-refractivity contribution in [3.05, 3.63) is 155 Å². The molecule has 164 valence electrons. The molecule has 0 unspecified atom stereocenters. The van der Waals surface area contributed by atoms with E-state index in [9.17, 15) is 4.79 Å². The topological polar surface area (TPSA) is 34.4 Å². The average Bonchev–Trinajstić information content (AvgIpc) is 2.89. The SMILES string of the molecule is Cc1cccc(-c2ccn(-c3ccccc3)c(=O)c2N=C(c2ccccc2)c2ccccc2)c1. The molecular formula is C31H24N2O. The van der Waals surface area contributed by atoms with Crippen LogP contribution in [0.2, 0.25) is 0 Å². The number of hydrogen-bond donors (Lipinski definition) is 0. The largest absolute Gasteiger partial charge is 0.282 e. The first-order chi connectivity index (χ1) is 16.7. The second kappa shape index (κ2) is 9.55. The molecule has 0 amide bonds. The zero-order valence-electron chi connectivity index (χ0n) is 18.9. The Morgan fingerprint density at radius 2 is 1.26 bits per heavy atom. The zero-order valence-corrected chi connectivity index (χ0v) is 18.9. The third kappa shape index (κ3) is 4.37. The molecule has 5 aromatic rings. The summed E-state index contributed by atoms with van der Waals surface area (Å²) in [6, 6.07) is 39.8. The summed E-state index contributed by atoms with van der Waals surface area (Å²) in [7, 11) is 0. The molecule has 0 atom stereocenters. The first kappa shape index (κ1) is 21.4. The molecule has 0 spiro atoms. The van der Waals surface area contributed by atoms with E-state index in [0.29, 0.717) is 5.69 Å². The summed E-state index contributed by atoms with van der Waals surface area (Å²) >= 11 is 0. The summed E-state index contributed by atoms with van der Waals surface area (Å²) < 4.78 is 1.66. The molecule has 0 saturated carbocycles. The summed E-state index contributed by atoms with van der Waals surface area (Å²) in [4.78, 5) is 19.0. The summed E-state index contributed by atoms with van der Waals surface area (Å²) in [5, 5.41) is 0. The Morgan fingerprint density at radius 3 is 1.85 bits per heavy atom. The van der Waals surface area contributed by atoms with E-state index in [4.69, 9.17) is 4.99 Å². The van der Waals surface area contributed by atoms with Crippen LogP contribution in [0.3, 0.4) is 0 Å². The molecule has 0 bridgehead atoms. The smallest absolute Gasteiger partial charge is 0.281 e. The minimum absolute atomic E-state index is 0.158. The highest BCUT2D eigenvalue weighted by Gasteiger charge is 2.15. The second-order valence-corrected chi connectivity index (χ2v) is 8.15. The van der Waals surface area contributed by atoms with E-state index in [1.54, 1.807) is 4.57 Å². The highest BCUT2D eigenvalue weighted by Crippen LogP contribution is 2.30. The lowest BCUT2D eigenvalue weighted by Gasteiger charge is -2.14. The Morgan fingerprint density at radius 1 is 0.676 bits per heavy atom. The van der Waals surface area contributed by atoms with Crippen molar-refractivity contribution < 1.29 is 0 Å². The number of para-hydroxylation sites is 1. The molecule has 5 rings (SSSR count). The van der Waals surface area contributed by atoms with E-state index >= 15 is 0 Å². The van der Waals surface area contributed by atoms with E-state index in [1.165, 1.54) is 0 Å². The molecule has 1 heterocycles. The van der Waals surface area contributed by atoms with Gasteiger partial charge in [-0.25, -0.2) is 4.99 Å². The van der Waals surface area contributed by atoms with Crippen LogP contribution in [0.1, 0.15) is 16.7 Å².